The number of urea groups is 1. The molecule has 136 valence electrons. The molecule has 7 nitrogen and oxygen atoms in total. The van der Waals surface area contributed by atoms with Crippen LogP contribution >= 0.6 is 0 Å². The maximum atomic E-state index is 12.3. The van der Waals surface area contributed by atoms with Crippen LogP contribution in [0.2, 0.25) is 0 Å². The van der Waals surface area contributed by atoms with Crippen LogP contribution in [0.15, 0.2) is 24.3 Å². The molecule has 0 radical (unpaired) electrons. The van der Waals surface area contributed by atoms with Crippen LogP contribution in [0.5, 0.6) is 0 Å². The van der Waals surface area contributed by atoms with Crippen LogP contribution in [0.1, 0.15) is 38.5 Å². The van der Waals surface area contributed by atoms with Gasteiger partial charge < -0.3 is 20.6 Å². The molecule has 0 atom stereocenters. The zero-order valence-corrected chi connectivity index (χ0v) is 14.5. The third-order valence-electron chi connectivity index (χ3n) is 4.37. The Bertz CT molecular complexity index is 627. The van der Waals surface area contributed by atoms with Gasteiger partial charge in [0.05, 0.1) is 6.42 Å². The van der Waals surface area contributed by atoms with Crippen molar-refractivity contribution in [1.82, 2.24) is 4.90 Å². The second-order valence-corrected chi connectivity index (χ2v) is 6.40. The molecule has 3 N–H and O–H groups in total. The molecule has 0 aliphatic heterocycles. The number of amides is 3. The van der Waals surface area contributed by atoms with E-state index in [0.717, 1.165) is 25.7 Å². The predicted molar refractivity (Wildman–Crippen MR) is 95.5 cm³/mol. The zero-order valence-electron chi connectivity index (χ0n) is 14.5. The molecule has 3 amide bonds. The van der Waals surface area contributed by atoms with Gasteiger partial charge in [-0.2, -0.15) is 0 Å². The first-order valence-corrected chi connectivity index (χ1v) is 8.60. The Hall–Kier alpha value is -2.57. The summed E-state index contributed by atoms with van der Waals surface area (Å²) in [4.78, 5) is 36.2. The number of carbonyl (C=O) groups excluding carboxylic acids is 2. The maximum Gasteiger partial charge on any atom is 0.321 e. The summed E-state index contributed by atoms with van der Waals surface area (Å²) < 4.78 is 0. The number of nitrogens with one attached hydrogen (secondary N) is 2. The number of carboxylic acids is 1. The average molecular weight is 347 g/mol. The summed E-state index contributed by atoms with van der Waals surface area (Å²) in [6, 6.07) is 6.56. The lowest BCUT2D eigenvalue weighted by Gasteiger charge is -2.21. The van der Waals surface area contributed by atoms with E-state index < -0.39 is 12.0 Å². The van der Waals surface area contributed by atoms with Crippen LogP contribution in [-0.2, 0) is 9.59 Å². The largest absolute Gasteiger partial charge is 0.481 e. The van der Waals surface area contributed by atoms with Gasteiger partial charge in [-0.15, -0.1) is 0 Å². The lowest BCUT2D eigenvalue weighted by Crippen LogP contribution is -2.33. The van der Waals surface area contributed by atoms with Crippen LogP contribution in [0, 0.1) is 5.92 Å². The van der Waals surface area contributed by atoms with E-state index in [1.807, 2.05) is 0 Å². The van der Waals surface area contributed by atoms with E-state index in [-0.39, 0.29) is 24.8 Å². The van der Waals surface area contributed by atoms with E-state index in [9.17, 15) is 14.4 Å². The van der Waals surface area contributed by atoms with Gasteiger partial charge in [-0.25, -0.2) is 4.79 Å². The van der Waals surface area contributed by atoms with Gasteiger partial charge in [0.25, 0.3) is 0 Å². The van der Waals surface area contributed by atoms with E-state index in [1.165, 1.54) is 18.4 Å². The zero-order chi connectivity index (χ0) is 18.2. The molecule has 7 heteroatoms. The monoisotopic (exact) mass is 347 g/mol. The van der Waals surface area contributed by atoms with Crippen molar-refractivity contribution in [1.29, 1.82) is 0 Å². The first-order chi connectivity index (χ1) is 12.0. The normalized spacial score (nSPS) is 14.6. The van der Waals surface area contributed by atoms with Crippen LogP contribution in [0.25, 0.3) is 0 Å². The molecule has 0 spiro atoms. The van der Waals surface area contributed by atoms with Crippen LogP contribution in [-0.4, -0.2) is 41.5 Å². The average Bonchev–Trinajstić information content (AvgIpc) is 2.60. The molecule has 0 aromatic heterocycles. The van der Waals surface area contributed by atoms with E-state index in [2.05, 4.69) is 10.6 Å². The smallest absolute Gasteiger partial charge is 0.321 e. The summed E-state index contributed by atoms with van der Waals surface area (Å²) in [6.45, 7) is 0.124. The quantitative estimate of drug-likeness (QED) is 0.736. The van der Waals surface area contributed by atoms with Gasteiger partial charge in [0, 0.05) is 30.9 Å². The highest BCUT2D eigenvalue weighted by molar-refractivity contribution is 5.94. The fourth-order valence-electron chi connectivity index (χ4n) is 2.87. The Kier molecular flexibility index (Phi) is 6.80. The number of nitrogens with zero attached hydrogens (tertiary/aromatic N) is 1. The molecule has 25 heavy (non-hydrogen) atoms. The summed E-state index contributed by atoms with van der Waals surface area (Å²) in [7, 11) is 1.53. The van der Waals surface area contributed by atoms with E-state index in [0.29, 0.717) is 11.4 Å². The summed E-state index contributed by atoms with van der Waals surface area (Å²) in [6.07, 6.45) is 5.13. The summed E-state index contributed by atoms with van der Waals surface area (Å²) >= 11 is 0. The van der Waals surface area contributed by atoms with E-state index in [4.69, 9.17) is 5.11 Å². The highest BCUT2D eigenvalue weighted by Gasteiger charge is 2.21. The Labute approximate surface area is 147 Å². The maximum absolute atomic E-state index is 12.3. The third kappa shape index (κ3) is 6.10. The molecule has 1 fully saturated rings. The van der Waals surface area contributed by atoms with Crippen LogP contribution in [0.3, 0.4) is 0 Å². The number of rotatable bonds is 6. The number of hydrogen-bond donors (Lipinski definition) is 3. The number of hydrogen-bond acceptors (Lipinski definition) is 3. The van der Waals surface area contributed by atoms with Crippen molar-refractivity contribution < 1.29 is 19.5 Å². The minimum absolute atomic E-state index is 0.0294. The predicted octanol–water partition coefficient (Wildman–Crippen LogP) is 3.14. The summed E-state index contributed by atoms with van der Waals surface area (Å²) in [5.74, 6) is -0.858. The van der Waals surface area contributed by atoms with Crippen molar-refractivity contribution in [2.24, 2.45) is 5.92 Å². The lowest BCUT2D eigenvalue weighted by molar-refractivity contribution is -0.137. The number of carbonyl (C=O) groups is 3. The van der Waals surface area contributed by atoms with Gasteiger partial charge in [-0.3, -0.25) is 9.59 Å². The molecule has 0 bridgehead atoms. The molecular formula is C18H25N3O4. The van der Waals surface area contributed by atoms with Gasteiger partial charge >= 0.3 is 12.0 Å². The number of aliphatic carboxylic acids is 1. The molecule has 0 heterocycles. The molecule has 1 aromatic carbocycles. The number of carboxylic acid groups (broad SMARTS) is 1. The van der Waals surface area contributed by atoms with Crippen molar-refractivity contribution in [3.05, 3.63) is 24.3 Å². The van der Waals surface area contributed by atoms with E-state index in [1.54, 1.807) is 24.3 Å². The Balaban J connectivity index is 1.90. The Morgan fingerprint density at radius 2 is 1.76 bits per heavy atom. The molecular weight excluding hydrogens is 322 g/mol. The van der Waals surface area contributed by atoms with Crippen LogP contribution in [0.4, 0.5) is 16.2 Å². The van der Waals surface area contributed by atoms with Crippen LogP contribution < -0.4 is 10.6 Å². The second kappa shape index (κ2) is 9.05. The van der Waals surface area contributed by atoms with Gasteiger partial charge in [0.15, 0.2) is 0 Å². The first kappa shape index (κ1) is 18.8. The molecule has 1 aliphatic rings. The fourth-order valence-corrected chi connectivity index (χ4v) is 2.87. The standard InChI is InChI=1S/C18H25N3O4/c1-21(11-10-16(22)23)18(25)20-15-9-5-8-14(12-15)19-17(24)13-6-3-2-4-7-13/h5,8-9,12-13H,2-4,6-7,10-11H2,1H3,(H,19,24)(H,20,25)(H,22,23). The second-order valence-electron chi connectivity index (χ2n) is 6.40. The highest BCUT2D eigenvalue weighted by Crippen LogP contribution is 2.25. The topological polar surface area (TPSA) is 98.7 Å². The Morgan fingerprint density at radius 3 is 2.40 bits per heavy atom. The number of benzene rings is 1. The Morgan fingerprint density at radius 1 is 1.12 bits per heavy atom. The first-order valence-electron chi connectivity index (χ1n) is 8.60. The van der Waals surface area contributed by atoms with Crippen molar-refractivity contribution in [3.63, 3.8) is 0 Å². The van der Waals surface area contributed by atoms with Gasteiger partial charge in [-0.05, 0) is 31.0 Å². The molecule has 1 aliphatic carbocycles. The third-order valence-corrected chi connectivity index (χ3v) is 4.37. The van der Waals surface area contributed by atoms with Gasteiger partial charge in [0.2, 0.25) is 5.91 Å². The van der Waals surface area contributed by atoms with Gasteiger partial charge in [0.1, 0.15) is 0 Å². The van der Waals surface area contributed by atoms with Crippen molar-refractivity contribution in [2.75, 3.05) is 24.2 Å². The highest BCUT2D eigenvalue weighted by atomic mass is 16.4. The molecule has 2 rings (SSSR count). The number of anilines is 2. The minimum Gasteiger partial charge on any atom is -0.481 e. The molecule has 0 unspecified atom stereocenters. The molecule has 1 aromatic rings. The summed E-state index contributed by atoms with van der Waals surface area (Å²) in [5, 5.41) is 14.3. The van der Waals surface area contributed by atoms with Crippen molar-refractivity contribution >= 4 is 29.3 Å². The minimum atomic E-state index is -0.952. The molecule has 0 saturated heterocycles. The lowest BCUT2D eigenvalue weighted by atomic mass is 9.88. The fraction of sp³-hybridized carbons (Fsp3) is 0.500. The summed E-state index contributed by atoms with van der Waals surface area (Å²) in [5.41, 5.74) is 1.19. The SMILES string of the molecule is CN(CCC(=O)O)C(=O)Nc1cccc(NC(=O)C2CCCCC2)c1. The molecule has 1 saturated carbocycles. The van der Waals surface area contributed by atoms with Gasteiger partial charge in [-0.1, -0.05) is 25.3 Å². The van der Waals surface area contributed by atoms with Crippen molar-refractivity contribution in [3.8, 4) is 0 Å². The van der Waals surface area contributed by atoms with Crippen molar-refractivity contribution in [2.45, 2.75) is 38.5 Å². The van der Waals surface area contributed by atoms with E-state index >= 15 is 0 Å².